The number of benzene rings is 1. The third-order valence-corrected chi connectivity index (χ3v) is 2.62. The van der Waals surface area contributed by atoms with Gasteiger partial charge in [-0.25, -0.2) is 9.18 Å². The van der Waals surface area contributed by atoms with Crippen LogP contribution in [0.4, 0.5) is 14.9 Å². The van der Waals surface area contributed by atoms with Crippen molar-refractivity contribution in [1.82, 2.24) is 0 Å². The van der Waals surface area contributed by atoms with Crippen LogP contribution in [0.5, 0.6) is 0 Å². The lowest BCUT2D eigenvalue weighted by molar-refractivity contribution is 0.136. The fraction of sp³-hybridized carbons (Fsp3) is 0.417. The average Bonchev–Trinajstić information content (AvgIpc) is 2.61. The number of rotatable bonds is 3. The van der Waals surface area contributed by atoms with Crippen molar-refractivity contribution in [3.05, 3.63) is 30.1 Å². The zero-order chi connectivity index (χ0) is 11.5. The number of carbonyl (C=O) groups excluding carboxylic acids is 1. The van der Waals surface area contributed by atoms with Gasteiger partial charge in [0.1, 0.15) is 11.9 Å². The van der Waals surface area contributed by atoms with E-state index in [1.165, 1.54) is 12.1 Å². The zero-order valence-electron chi connectivity index (χ0n) is 9.15. The van der Waals surface area contributed by atoms with E-state index in [1.54, 1.807) is 17.0 Å². The highest BCUT2D eigenvalue weighted by atomic mass is 19.1. The summed E-state index contributed by atoms with van der Waals surface area (Å²) in [5, 5.41) is 0. The Labute approximate surface area is 93.8 Å². The monoisotopic (exact) mass is 223 g/mol. The maximum atomic E-state index is 12.7. The number of anilines is 1. The molecule has 1 fully saturated rings. The van der Waals surface area contributed by atoms with E-state index in [0.717, 1.165) is 12.8 Å². The zero-order valence-corrected chi connectivity index (χ0v) is 9.15. The van der Waals surface area contributed by atoms with Crippen molar-refractivity contribution in [3.63, 3.8) is 0 Å². The molecule has 0 saturated carbocycles. The molecular formula is C12H14FNO2. The minimum absolute atomic E-state index is 0.0393. The quantitative estimate of drug-likeness (QED) is 0.788. The summed E-state index contributed by atoms with van der Waals surface area (Å²) in [6, 6.07) is 5.86. The number of ether oxygens (including phenoxy) is 1. The fourth-order valence-corrected chi connectivity index (χ4v) is 1.83. The van der Waals surface area contributed by atoms with Crippen LogP contribution in [0.2, 0.25) is 0 Å². The van der Waals surface area contributed by atoms with Crippen LogP contribution in [0, 0.1) is 5.82 Å². The van der Waals surface area contributed by atoms with Crippen LogP contribution in [-0.2, 0) is 4.74 Å². The molecule has 0 aromatic heterocycles. The smallest absolute Gasteiger partial charge is 0.414 e. The van der Waals surface area contributed by atoms with E-state index >= 15 is 0 Å². The Kier molecular flexibility index (Phi) is 3.08. The normalized spacial score (nSPS) is 20.0. The van der Waals surface area contributed by atoms with Crippen molar-refractivity contribution in [2.45, 2.75) is 25.9 Å². The van der Waals surface area contributed by atoms with Gasteiger partial charge in [-0.15, -0.1) is 0 Å². The van der Waals surface area contributed by atoms with Gasteiger partial charge in [0.15, 0.2) is 0 Å². The molecule has 1 unspecified atom stereocenters. The Bertz CT molecular complexity index is 377. The Morgan fingerprint density at radius 2 is 2.12 bits per heavy atom. The molecule has 1 amide bonds. The van der Waals surface area contributed by atoms with Gasteiger partial charge in [0.25, 0.3) is 0 Å². The Hall–Kier alpha value is -1.58. The molecule has 3 nitrogen and oxygen atoms in total. The summed E-state index contributed by atoms with van der Waals surface area (Å²) in [5.41, 5.74) is 0.685. The second-order valence-corrected chi connectivity index (χ2v) is 3.88. The van der Waals surface area contributed by atoms with Gasteiger partial charge in [0.2, 0.25) is 0 Å². The highest BCUT2D eigenvalue weighted by Crippen LogP contribution is 2.23. The van der Waals surface area contributed by atoms with Crippen molar-refractivity contribution in [1.29, 1.82) is 0 Å². The molecule has 0 radical (unpaired) electrons. The molecule has 86 valence electrons. The average molecular weight is 223 g/mol. The van der Waals surface area contributed by atoms with E-state index in [9.17, 15) is 9.18 Å². The van der Waals surface area contributed by atoms with Gasteiger partial charge >= 0.3 is 6.09 Å². The van der Waals surface area contributed by atoms with Crippen LogP contribution < -0.4 is 4.90 Å². The molecule has 1 aliphatic heterocycles. The second kappa shape index (κ2) is 4.51. The van der Waals surface area contributed by atoms with E-state index in [0.29, 0.717) is 12.2 Å². The van der Waals surface area contributed by atoms with Crippen LogP contribution in [0.3, 0.4) is 0 Å². The molecule has 1 heterocycles. The lowest BCUT2D eigenvalue weighted by atomic mass is 10.2. The Balaban J connectivity index is 2.10. The highest BCUT2D eigenvalue weighted by molar-refractivity contribution is 5.89. The molecule has 0 aliphatic carbocycles. The van der Waals surface area contributed by atoms with Crippen molar-refractivity contribution in [2.24, 2.45) is 0 Å². The first-order chi connectivity index (χ1) is 7.70. The van der Waals surface area contributed by atoms with E-state index < -0.39 is 0 Å². The van der Waals surface area contributed by atoms with Gasteiger partial charge in [-0.2, -0.15) is 0 Å². The largest absolute Gasteiger partial charge is 0.444 e. The summed E-state index contributed by atoms with van der Waals surface area (Å²) in [6.07, 6.45) is 1.46. The van der Waals surface area contributed by atoms with Crippen molar-refractivity contribution < 1.29 is 13.9 Å². The Morgan fingerprint density at radius 1 is 1.44 bits per heavy atom. The van der Waals surface area contributed by atoms with Gasteiger partial charge in [-0.3, -0.25) is 4.90 Å². The predicted molar refractivity (Wildman–Crippen MR) is 58.9 cm³/mol. The van der Waals surface area contributed by atoms with Gasteiger partial charge in [-0.1, -0.05) is 13.3 Å². The maximum Gasteiger partial charge on any atom is 0.414 e. The molecule has 0 N–H and O–H groups in total. The fourth-order valence-electron chi connectivity index (χ4n) is 1.83. The van der Waals surface area contributed by atoms with E-state index in [-0.39, 0.29) is 18.0 Å². The summed E-state index contributed by atoms with van der Waals surface area (Å²) in [6.45, 7) is 2.60. The number of nitrogens with zero attached hydrogens (tertiary/aromatic N) is 1. The molecule has 1 aromatic rings. The molecule has 0 spiro atoms. The maximum absolute atomic E-state index is 12.7. The SMILES string of the molecule is CCCC1CN(c2ccc(F)cc2)C(=O)O1. The van der Waals surface area contributed by atoms with Crippen molar-refractivity contribution >= 4 is 11.8 Å². The summed E-state index contributed by atoms with van der Waals surface area (Å²) in [4.78, 5) is 13.1. The summed E-state index contributed by atoms with van der Waals surface area (Å²) in [5.74, 6) is -0.304. The van der Waals surface area contributed by atoms with Crippen LogP contribution in [0.15, 0.2) is 24.3 Å². The lowest BCUT2D eigenvalue weighted by Crippen LogP contribution is -2.24. The molecule has 4 heteroatoms. The minimum atomic E-state index is -0.343. The summed E-state index contributed by atoms with van der Waals surface area (Å²) in [7, 11) is 0. The molecule has 1 aromatic carbocycles. The van der Waals surface area contributed by atoms with Crippen molar-refractivity contribution in [3.8, 4) is 0 Å². The number of halogens is 1. The predicted octanol–water partition coefficient (Wildman–Crippen LogP) is 2.95. The van der Waals surface area contributed by atoms with Gasteiger partial charge < -0.3 is 4.74 Å². The minimum Gasteiger partial charge on any atom is -0.444 e. The van der Waals surface area contributed by atoms with Crippen LogP contribution in [0.1, 0.15) is 19.8 Å². The lowest BCUT2D eigenvalue weighted by Gasteiger charge is -2.12. The topological polar surface area (TPSA) is 29.5 Å². The van der Waals surface area contributed by atoms with E-state index in [2.05, 4.69) is 0 Å². The van der Waals surface area contributed by atoms with Crippen LogP contribution in [-0.4, -0.2) is 18.7 Å². The second-order valence-electron chi connectivity index (χ2n) is 3.88. The number of hydrogen-bond acceptors (Lipinski definition) is 2. The Morgan fingerprint density at radius 3 is 2.75 bits per heavy atom. The van der Waals surface area contributed by atoms with Gasteiger partial charge in [0, 0.05) is 5.69 Å². The molecule has 2 rings (SSSR count). The summed E-state index contributed by atoms with van der Waals surface area (Å²) >= 11 is 0. The summed E-state index contributed by atoms with van der Waals surface area (Å²) < 4.78 is 17.9. The first-order valence-corrected chi connectivity index (χ1v) is 5.44. The number of carbonyl (C=O) groups is 1. The highest BCUT2D eigenvalue weighted by Gasteiger charge is 2.31. The number of hydrogen-bond donors (Lipinski definition) is 0. The first-order valence-electron chi connectivity index (χ1n) is 5.44. The number of amides is 1. The van der Waals surface area contributed by atoms with Gasteiger partial charge in [0.05, 0.1) is 6.54 Å². The molecule has 1 atom stereocenters. The molecule has 1 saturated heterocycles. The molecule has 0 bridgehead atoms. The standard InChI is InChI=1S/C12H14FNO2/c1-2-3-11-8-14(12(15)16-11)10-6-4-9(13)5-7-10/h4-7,11H,2-3,8H2,1H3. The number of cyclic esters (lactones) is 1. The third kappa shape index (κ3) is 2.15. The van der Waals surface area contributed by atoms with E-state index in [1.807, 2.05) is 6.92 Å². The third-order valence-electron chi connectivity index (χ3n) is 2.62. The van der Waals surface area contributed by atoms with E-state index in [4.69, 9.17) is 4.74 Å². The molecule has 1 aliphatic rings. The molecule has 16 heavy (non-hydrogen) atoms. The van der Waals surface area contributed by atoms with Crippen LogP contribution in [0.25, 0.3) is 0 Å². The first kappa shape index (κ1) is 10.9. The van der Waals surface area contributed by atoms with Crippen LogP contribution >= 0.6 is 0 Å². The van der Waals surface area contributed by atoms with Gasteiger partial charge in [-0.05, 0) is 30.7 Å². The molecular weight excluding hydrogens is 209 g/mol. The van der Waals surface area contributed by atoms with Crippen molar-refractivity contribution in [2.75, 3.05) is 11.4 Å².